The molecule has 2 aromatic carbocycles. The second-order valence-corrected chi connectivity index (χ2v) is 6.19. The van der Waals surface area contributed by atoms with E-state index in [-0.39, 0.29) is 17.7 Å². The highest BCUT2D eigenvalue weighted by molar-refractivity contribution is 6.05. The Kier molecular flexibility index (Phi) is 6.71. The molecular weight excluding hydrogens is 314 g/mol. The van der Waals surface area contributed by atoms with Gasteiger partial charge in [-0.05, 0) is 55.9 Å². The first-order valence-corrected chi connectivity index (χ1v) is 8.46. The first-order valence-electron chi connectivity index (χ1n) is 8.46. The lowest BCUT2D eigenvalue weighted by Crippen LogP contribution is -2.18. The molecule has 0 saturated carbocycles. The molecule has 132 valence electrons. The van der Waals surface area contributed by atoms with E-state index in [0.29, 0.717) is 16.9 Å². The van der Waals surface area contributed by atoms with Crippen LogP contribution < -0.4 is 16.0 Å². The van der Waals surface area contributed by atoms with Crippen molar-refractivity contribution in [2.75, 3.05) is 24.2 Å². The number of carbonyl (C=O) groups is 2. The van der Waals surface area contributed by atoms with Crippen molar-refractivity contribution in [2.24, 2.45) is 5.92 Å². The van der Waals surface area contributed by atoms with E-state index in [9.17, 15) is 9.59 Å². The molecule has 0 fully saturated rings. The van der Waals surface area contributed by atoms with E-state index in [0.717, 1.165) is 18.5 Å². The third kappa shape index (κ3) is 5.43. The number of carbonyl (C=O) groups excluding carboxylic acids is 2. The zero-order chi connectivity index (χ0) is 18.2. The summed E-state index contributed by atoms with van der Waals surface area (Å²) < 4.78 is 0. The minimum atomic E-state index is -0.134. The van der Waals surface area contributed by atoms with Crippen LogP contribution in [0.3, 0.4) is 0 Å². The second kappa shape index (κ2) is 8.99. The van der Waals surface area contributed by atoms with E-state index in [2.05, 4.69) is 16.0 Å². The Labute approximate surface area is 148 Å². The molecule has 0 bridgehead atoms. The Morgan fingerprint density at radius 2 is 1.52 bits per heavy atom. The third-order valence-electron chi connectivity index (χ3n) is 3.84. The van der Waals surface area contributed by atoms with Crippen molar-refractivity contribution in [1.82, 2.24) is 5.32 Å². The molecule has 2 rings (SSSR count). The van der Waals surface area contributed by atoms with Crippen LogP contribution in [-0.4, -0.2) is 25.4 Å². The standard InChI is InChI=1S/C20H25N3O2/c1-14(2)19(24)22-16-8-10-17(11-9-16)23-20(25)18-7-5-4-6-15(18)12-13-21-3/h4-11,14,21H,12-13H2,1-3H3,(H,22,24)(H,23,25). The average Bonchev–Trinajstić information content (AvgIpc) is 2.61. The van der Waals surface area contributed by atoms with E-state index in [1.165, 1.54) is 0 Å². The van der Waals surface area contributed by atoms with Crippen molar-refractivity contribution in [3.63, 3.8) is 0 Å². The van der Waals surface area contributed by atoms with Crippen LogP contribution >= 0.6 is 0 Å². The molecule has 0 atom stereocenters. The summed E-state index contributed by atoms with van der Waals surface area (Å²) in [6.45, 7) is 4.50. The van der Waals surface area contributed by atoms with Crippen LogP contribution in [0.1, 0.15) is 29.8 Å². The van der Waals surface area contributed by atoms with Crippen LogP contribution in [0, 0.1) is 5.92 Å². The van der Waals surface area contributed by atoms with Crippen molar-refractivity contribution in [3.05, 3.63) is 59.7 Å². The van der Waals surface area contributed by atoms with Gasteiger partial charge < -0.3 is 16.0 Å². The zero-order valence-corrected chi connectivity index (χ0v) is 14.9. The summed E-state index contributed by atoms with van der Waals surface area (Å²) >= 11 is 0. The molecule has 0 radical (unpaired) electrons. The van der Waals surface area contributed by atoms with Crippen LogP contribution in [0.25, 0.3) is 0 Å². The Morgan fingerprint density at radius 3 is 2.12 bits per heavy atom. The molecular formula is C20H25N3O2. The van der Waals surface area contributed by atoms with Crippen molar-refractivity contribution in [2.45, 2.75) is 20.3 Å². The Morgan fingerprint density at radius 1 is 0.920 bits per heavy atom. The van der Waals surface area contributed by atoms with Gasteiger partial charge in [0.2, 0.25) is 5.91 Å². The lowest BCUT2D eigenvalue weighted by molar-refractivity contribution is -0.118. The molecule has 0 aliphatic heterocycles. The first kappa shape index (κ1) is 18.7. The van der Waals surface area contributed by atoms with Gasteiger partial charge in [-0.15, -0.1) is 0 Å². The van der Waals surface area contributed by atoms with Gasteiger partial charge in [0.15, 0.2) is 0 Å². The average molecular weight is 339 g/mol. The largest absolute Gasteiger partial charge is 0.326 e. The number of likely N-dealkylation sites (N-methyl/N-ethyl adjacent to an activating group) is 1. The number of benzene rings is 2. The maximum Gasteiger partial charge on any atom is 0.255 e. The summed E-state index contributed by atoms with van der Waals surface area (Å²) in [6.07, 6.45) is 0.792. The molecule has 0 heterocycles. The van der Waals surface area contributed by atoms with E-state index in [1.807, 2.05) is 45.2 Å². The summed E-state index contributed by atoms with van der Waals surface area (Å²) in [4.78, 5) is 24.2. The van der Waals surface area contributed by atoms with Crippen LogP contribution in [-0.2, 0) is 11.2 Å². The number of amides is 2. The van der Waals surface area contributed by atoms with Crippen molar-refractivity contribution < 1.29 is 9.59 Å². The monoisotopic (exact) mass is 339 g/mol. The van der Waals surface area contributed by atoms with E-state index < -0.39 is 0 Å². The summed E-state index contributed by atoms with van der Waals surface area (Å²) in [7, 11) is 1.89. The van der Waals surface area contributed by atoms with E-state index in [1.54, 1.807) is 24.3 Å². The highest BCUT2D eigenvalue weighted by Gasteiger charge is 2.11. The highest BCUT2D eigenvalue weighted by Crippen LogP contribution is 2.17. The smallest absolute Gasteiger partial charge is 0.255 e. The van der Waals surface area contributed by atoms with Crippen molar-refractivity contribution >= 4 is 23.2 Å². The minimum Gasteiger partial charge on any atom is -0.326 e. The Balaban J connectivity index is 2.05. The van der Waals surface area contributed by atoms with E-state index >= 15 is 0 Å². The maximum absolute atomic E-state index is 12.5. The normalized spacial score (nSPS) is 10.6. The second-order valence-electron chi connectivity index (χ2n) is 6.19. The molecule has 3 N–H and O–H groups in total. The predicted molar refractivity (Wildman–Crippen MR) is 102 cm³/mol. The molecule has 25 heavy (non-hydrogen) atoms. The summed E-state index contributed by atoms with van der Waals surface area (Å²) in [5, 5.41) is 8.83. The Bertz CT molecular complexity index is 724. The molecule has 0 aliphatic rings. The van der Waals surface area contributed by atoms with Crippen molar-refractivity contribution in [3.8, 4) is 0 Å². The number of hydrogen-bond donors (Lipinski definition) is 3. The van der Waals surface area contributed by atoms with Crippen LogP contribution in [0.2, 0.25) is 0 Å². The predicted octanol–water partition coefficient (Wildman–Crippen LogP) is 3.30. The van der Waals surface area contributed by atoms with Gasteiger partial charge in [-0.3, -0.25) is 9.59 Å². The fourth-order valence-electron chi connectivity index (χ4n) is 2.34. The first-order chi connectivity index (χ1) is 12.0. The summed E-state index contributed by atoms with van der Waals surface area (Å²) in [5.74, 6) is -0.241. The number of rotatable bonds is 7. The van der Waals surface area contributed by atoms with Gasteiger partial charge in [-0.2, -0.15) is 0 Å². The summed E-state index contributed by atoms with van der Waals surface area (Å²) in [5.41, 5.74) is 3.09. The quantitative estimate of drug-likeness (QED) is 0.725. The molecule has 2 amide bonds. The summed E-state index contributed by atoms with van der Waals surface area (Å²) in [6, 6.07) is 14.7. The van der Waals surface area contributed by atoms with Crippen LogP contribution in [0.4, 0.5) is 11.4 Å². The van der Waals surface area contributed by atoms with Gasteiger partial charge in [0.25, 0.3) is 5.91 Å². The van der Waals surface area contributed by atoms with Gasteiger partial charge >= 0.3 is 0 Å². The van der Waals surface area contributed by atoms with Crippen LogP contribution in [0.15, 0.2) is 48.5 Å². The third-order valence-corrected chi connectivity index (χ3v) is 3.84. The van der Waals surface area contributed by atoms with Crippen LogP contribution in [0.5, 0.6) is 0 Å². The molecule has 0 aromatic heterocycles. The number of nitrogens with one attached hydrogen (secondary N) is 3. The van der Waals surface area contributed by atoms with Gasteiger partial charge in [-0.1, -0.05) is 32.0 Å². The molecule has 0 aliphatic carbocycles. The highest BCUT2D eigenvalue weighted by atomic mass is 16.2. The minimum absolute atomic E-state index is 0.0322. The lowest BCUT2D eigenvalue weighted by Gasteiger charge is -2.11. The van der Waals surface area contributed by atoms with Crippen molar-refractivity contribution in [1.29, 1.82) is 0 Å². The zero-order valence-electron chi connectivity index (χ0n) is 14.9. The van der Waals surface area contributed by atoms with Gasteiger partial charge in [0.05, 0.1) is 0 Å². The molecule has 5 heteroatoms. The SMILES string of the molecule is CNCCc1ccccc1C(=O)Nc1ccc(NC(=O)C(C)C)cc1. The number of hydrogen-bond acceptors (Lipinski definition) is 3. The molecule has 0 saturated heterocycles. The number of anilines is 2. The van der Waals surface area contributed by atoms with Gasteiger partial charge in [0.1, 0.15) is 0 Å². The molecule has 0 spiro atoms. The molecule has 2 aromatic rings. The van der Waals surface area contributed by atoms with E-state index in [4.69, 9.17) is 0 Å². The maximum atomic E-state index is 12.5. The fraction of sp³-hybridized carbons (Fsp3) is 0.300. The molecule has 0 unspecified atom stereocenters. The Hall–Kier alpha value is -2.66. The topological polar surface area (TPSA) is 70.2 Å². The van der Waals surface area contributed by atoms with Gasteiger partial charge in [-0.25, -0.2) is 0 Å². The molecule has 5 nitrogen and oxygen atoms in total. The fourth-order valence-corrected chi connectivity index (χ4v) is 2.34. The van der Waals surface area contributed by atoms with Gasteiger partial charge in [0, 0.05) is 22.9 Å². The lowest BCUT2D eigenvalue weighted by atomic mass is 10.0.